The average Bonchev–Trinajstić information content (AvgIpc) is 3.31. The molecule has 0 saturated carbocycles. The van der Waals surface area contributed by atoms with Crippen LogP contribution in [0.3, 0.4) is 0 Å². The number of fused-ring (bicyclic) bond motifs is 3. The number of nitrogens with one attached hydrogen (secondary N) is 1. The van der Waals surface area contributed by atoms with Crippen LogP contribution in [0.4, 0.5) is 4.79 Å². The predicted octanol–water partition coefficient (Wildman–Crippen LogP) is 7.35. The summed E-state index contributed by atoms with van der Waals surface area (Å²) in [5.41, 5.74) is 4.31. The second-order valence-corrected chi connectivity index (χ2v) is 10.9. The third-order valence-corrected chi connectivity index (χ3v) is 8.11. The molecular formula is C31H40ClN3O3. The van der Waals surface area contributed by atoms with Crippen molar-refractivity contribution in [3.8, 4) is 5.75 Å². The van der Waals surface area contributed by atoms with E-state index in [9.17, 15) is 4.79 Å². The molecule has 1 unspecified atom stereocenters. The maximum atomic E-state index is 12.9. The molecule has 38 heavy (non-hydrogen) atoms. The first kappa shape index (κ1) is 26.9. The quantitative estimate of drug-likeness (QED) is 0.275. The van der Waals surface area contributed by atoms with Crippen LogP contribution in [0.15, 0.2) is 42.5 Å². The summed E-state index contributed by atoms with van der Waals surface area (Å²) in [6.07, 6.45) is 9.43. The van der Waals surface area contributed by atoms with E-state index in [1.165, 1.54) is 63.7 Å². The summed E-state index contributed by atoms with van der Waals surface area (Å²) in [6, 6.07) is 13.8. The van der Waals surface area contributed by atoms with E-state index in [4.69, 9.17) is 21.1 Å². The molecule has 1 atom stereocenters. The van der Waals surface area contributed by atoms with Crippen LogP contribution < -0.4 is 4.74 Å². The number of aromatic nitrogens is 1. The van der Waals surface area contributed by atoms with E-state index in [2.05, 4.69) is 22.0 Å². The van der Waals surface area contributed by atoms with E-state index in [-0.39, 0.29) is 12.1 Å². The Kier molecular flexibility index (Phi) is 9.13. The van der Waals surface area contributed by atoms with Gasteiger partial charge in [0, 0.05) is 28.2 Å². The molecule has 7 heteroatoms. The fourth-order valence-electron chi connectivity index (χ4n) is 5.92. The normalized spacial score (nSPS) is 17.9. The van der Waals surface area contributed by atoms with Gasteiger partial charge >= 0.3 is 6.09 Å². The fourth-order valence-corrected chi connectivity index (χ4v) is 6.09. The van der Waals surface area contributed by atoms with Crippen molar-refractivity contribution >= 4 is 28.6 Å². The van der Waals surface area contributed by atoms with Crippen molar-refractivity contribution in [2.75, 3.05) is 39.4 Å². The first-order valence-corrected chi connectivity index (χ1v) is 14.7. The minimum absolute atomic E-state index is 0.252. The number of H-pyrrole nitrogens is 1. The lowest BCUT2D eigenvalue weighted by Crippen LogP contribution is -2.40. The molecule has 2 aromatic carbocycles. The molecule has 3 heterocycles. The van der Waals surface area contributed by atoms with Gasteiger partial charge < -0.3 is 19.4 Å². The Morgan fingerprint density at radius 2 is 1.79 bits per heavy atom. The smallest absolute Gasteiger partial charge is 0.410 e. The maximum absolute atomic E-state index is 12.9. The van der Waals surface area contributed by atoms with Crippen LogP contribution in [0.1, 0.15) is 74.7 Å². The molecular weight excluding hydrogens is 498 g/mol. The van der Waals surface area contributed by atoms with Crippen LogP contribution in [0, 0.1) is 0 Å². The van der Waals surface area contributed by atoms with Crippen molar-refractivity contribution in [1.29, 1.82) is 0 Å². The number of likely N-dealkylation sites (tertiary alicyclic amines) is 1. The standard InChI is InChI=1S/C31H40ClN3O3/c1-2-37-31(36)35-20-16-26-27-22-24(32)12-15-28(27)33-29(26)30(35)23-10-13-25(14-11-23)38-21-9-4-3-6-17-34-18-7-5-8-19-34/h10-15,22,30,33H,2-9,16-21H2,1H3. The van der Waals surface area contributed by atoms with Crippen LogP contribution in [0.2, 0.25) is 5.02 Å². The summed E-state index contributed by atoms with van der Waals surface area (Å²) in [5, 5.41) is 1.84. The number of piperidine rings is 1. The van der Waals surface area contributed by atoms with Crippen LogP contribution in [0.25, 0.3) is 10.9 Å². The highest BCUT2D eigenvalue weighted by molar-refractivity contribution is 6.31. The third-order valence-electron chi connectivity index (χ3n) is 7.87. The van der Waals surface area contributed by atoms with Gasteiger partial charge in [-0.25, -0.2) is 4.79 Å². The van der Waals surface area contributed by atoms with E-state index in [1.807, 2.05) is 42.2 Å². The van der Waals surface area contributed by atoms with Crippen molar-refractivity contribution in [3.05, 3.63) is 64.3 Å². The molecule has 1 fully saturated rings. The average molecular weight is 538 g/mol. The van der Waals surface area contributed by atoms with Gasteiger partial charge in [-0.2, -0.15) is 0 Å². The molecule has 0 radical (unpaired) electrons. The van der Waals surface area contributed by atoms with E-state index in [0.29, 0.717) is 18.2 Å². The lowest BCUT2D eigenvalue weighted by molar-refractivity contribution is 0.0932. The van der Waals surface area contributed by atoms with Gasteiger partial charge in [-0.1, -0.05) is 43.0 Å². The van der Waals surface area contributed by atoms with E-state index >= 15 is 0 Å². The predicted molar refractivity (Wildman–Crippen MR) is 153 cm³/mol. The van der Waals surface area contributed by atoms with Crippen molar-refractivity contribution in [3.63, 3.8) is 0 Å². The number of carbonyl (C=O) groups excluding carboxylic acids is 1. The van der Waals surface area contributed by atoms with E-state index in [1.54, 1.807) is 0 Å². The number of unbranched alkanes of at least 4 members (excludes halogenated alkanes) is 3. The molecule has 2 aliphatic heterocycles. The molecule has 204 valence electrons. The molecule has 5 rings (SSSR count). The second-order valence-electron chi connectivity index (χ2n) is 10.5. The number of ether oxygens (including phenoxy) is 2. The van der Waals surface area contributed by atoms with Crippen LogP contribution in [0.5, 0.6) is 5.75 Å². The highest BCUT2D eigenvalue weighted by Gasteiger charge is 2.35. The molecule has 0 bridgehead atoms. The number of benzene rings is 2. The SMILES string of the molecule is CCOC(=O)N1CCc2c([nH]c3ccc(Cl)cc23)C1c1ccc(OCCCCCCN2CCCCC2)cc1. The Balaban J connectivity index is 1.20. The van der Waals surface area contributed by atoms with Gasteiger partial charge in [-0.15, -0.1) is 0 Å². The van der Waals surface area contributed by atoms with Crippen molar-refractivity contribution in [2.45, 2.75) is 64.3 Å². The van der Waals surface area contributed by atoms with Crippen molar-refractivity contribution < 1.29 is 14.3 Å². The van der Waals surface area contributed by atoms with Crippen molar-refractivity contribution in [2.24, 2.45) is 0 Å². The van der Waals surface area contributed by atoms with Crippen molar-refractivity contribution in [1.82, 2.24) is 14.8 Å². The molecule has 0 spiro atoms. The lowest BCUT2D eigenvalue weighted by Gasteiger charge is -2.35. The molecule has 6 nitrogen and oxygen atoms in total. The molecule has 2 aliphatic rings. The third kappa shape index (κ3) is 6.29. The summed E-state index contributed by atoms with van der Waals surface area (Å²) in [5.74, 6) is 0.865. The first-order valence-electron chi connectivity index (χ1n) is 14.3. The zero-order valence-electron chi connectivity index (χ0n) is 22.5. The number of halogens is 1. The van der Waals surface area contributed by atoms with Gasteiger partial charge in [0.2, 0.25) is 0 Å². The summed E-state index contributed by atoms with van der Waals surface area (Å²) in [6.45, 7) is 7.33. The van der Waals surface area contributed by atoms with Gasteiger partial charge in [0.25, 0.3) is 0 Å². The molecule has 1 aromatic heterocycles. The zero-order chi connectivity index (χ0) is 26.3. The summed E-state index contributed by atoms with van der Waals surface area (Å²) < 4.78 is 11.5. The number of hydrogen-bond acceptors (Lipinski definition) is 4. The van der Waals surface area contributed by atoms with E-state index < -0.39 is 0 Å². The Morgan fingerprint density at radius 1 is 1.00 bits per heavy atom. The Labute approximate surface area is 231 Å². The van der Waals surface area contributed by atoms with Gasteiger partial charge in [0.05, 0.1) is 13.2 Å². The van der Waals surface area contributed by atoms with E-state index in [0.717, 1.165) is 47.4 Å². The number of nitrogens with zero attached hydrogens (tertiary/aromatic N) is 2. The molecule has 3 aromatic rings. The molecule has 1 N–H and O–H groups in total. The minimum atomic E-state index is -0.291. The number of amides is 1. The lowest BCUT2D eigenvalue weighted by atomic mass is 9.92. The zero-order valence-corrected chi connectivity index (χ0v) is 23.3. The topological polar surface area (TPSA) is 57.8 Å². The Bertz CT molecular complexity index is 1200. The maximum Gasteiger partial charge on any atom is 0.410 e. The van der Waals surface area contributed by atoms with Crippen LogP contribution in [-0.4, -0.2) is 60.3 Å². The Morgan fingerprint density at radius 3 is 2.58 bits per heavy atom. The number of rotatable bonds is 10. The monoisotopic (exact) mass is 537 g/mol. The molecule has 1 saturated heterocycles. The highest BCUT2D eigenvalue weighted by atomic mass is 35.5. The molecule has 0 aliphatic carbocycles. The number of aromatic amines is 1. The Hall–Kier alpha value is -2.70. The highest BCUT2D eigenvalue weighted by Crippen LogP contribution is 2.39. The number of hydrogen-bond donors (Lipinski definition) is 1. The summed E-state index contributed by atoms with van der Waals surface area (Å²) in [7, 11) is 0. The summed E-state index contributed by atoms with van der Waals surface area (Å²) >= 11 is 6.30. The fraction of sp³-hybridized carbons (Fsp3) is 0.516. The van der Waals surface area contributed by atoms with Gasteiger partial charge in [-0.05, 0) is 100 Å². The van der Waals surface area contributed by atoms with Crippen LogP contribution >= 0.6 is 11.6 Å². The molecule has 1 amide bonds. The first-order chi connectivity index (χ1) is 18.6. The van der Waals surface area contributed by atoms with Gasteiger partial charge in [-0.3, -0.25) is 4.90 Å². The summed E-state index contributed by atoms with van der Waals surface area (Å²) in [4.78, 5) is 20.9. The largest absolute Gasteiger partial charge is 0.494 e. The van der Waals surface area contributed by atoms with Gasteiger partial charge in [0.1, 0.15) is 11.8 Å². The van der Waals surface area contributed by atoms with Gasteiger partial charge in [0.15, 0.2) is 0 Å². The minimum Gasteiger partial charge on any atom is -0.494 e. The number of carbonyl (C=O) groups is 1. The van der Waals surface area contributed by atoms with Crippen LogP contribution in [-0.2, 0) is 11.2 Å². The second kappa shape index (κ2) is 12.9.